The smallest absolute Gasteiger partial charge is 0.239 e. The number of hydrogen-bond donors (Lipinski definition) is 1. The molecular weight excluding hydrogens is 376 g/mol. The molecule has 2 aromatic carbocycles. The third kappa shape index (κ3) is 6.09. The van der Waals surface area contributed by atoms with Crippen LogP contribution >= 0.6 is 0 Å². The van der Waals surface area contributed by atoms with Gasteiger partial charge in [-0.05, 0) is 63.2 Å². The number of rotatable bonds is 7. The molecule has 0 aliphatic rings. The zero-order valence-electron chi connectivity index (χ0n) is 17.2. The molecule has 1 unspecified atom stereocenters. The number of benzene rings is 2. The van der Waals surface area contributed by atoms with Gasteiger partial charge in [0.25, 0.3) is 0 Å². The highest BCUT2D eigenvalue weighted by Gasteiger charge is 2.31. The largest absolute Gasteiger partial charge is 0.368 e. The topological polar surface area (TPSA) is 66.6 Å². The molecule has 0 saturated heterocycles. The molecule has 29 heavy (non-hydrogen) atoms. The lowest BCUT2D eigenvalue weighted by Gasteiger charge is -2.37. The maximum absolute atomic E-state index is 13.6. The summed E-state index contributed by atoms with van der Waals surface area (Å²) in [6.07, 6.45) is 0. The molecule has 2 amide bonds. The predicted molar refractivity (Wildman–Crippen MR) is 108 cm³/mol. The summed E-state index contributed by atoms with van der Waals surface area (Å²) in [6, 6.07) is 10.7. The van der Waals surface area contributed by atoms with Crippen LogP contribution in [0.1, 0.15) is 37.9 Å². The van der Waals surface area contributed by atoms with E-state index in [1.165, 1.54) is 35.2 Å². The molecule has 0 saturated carbocycles. The van der Waals surface area contributed by atoms with Gasteiger partial charge in [-0.2, -0.15) is 0 Å². The Hall–Kier alpha value is -2.80. The van der Waals surface area contributed by atoms with E-state index in [1.54, 1.807) is 30.1 Å². The number of primary amides is 1. The molecule has 0 aliphatic heterocycles. The van der Waals surface area contributed by atoms with Gasteiger partial charge in [0, 0.05) is 12.1 Å². The Morgan fingerprint density at radius 2 is 1.62 bits per heavy atom. The van der Waals surface area contributed by atoms with Gasteiger partial charge >= 0.3 is 0 Å². The molecule has 1 atom stereocenters. The molecule has 0 heterocycles. The summed E-state index contributed by atoms with van der Waals surface area (Å²) < 4.78 is 27.1. The van der Waals surface area contributed by atoms with Gasteiger partial charge in [-0.3, -0.25) is 14.5 Å². The van der Waals surface area contributed by atoms with E-state index < -0.39 is 23.3 Å². The summed E-state index contributed by atoms with van der Waals surface area (Å²) in [5.74, 6) is -1.80. The standard InChI is InChI=1S/C22H27F2N3O2/c1-22(2,3)27(13-15-7-5-9-17(23)11-15)19(28)14-26(4)20(21(25)29)16-8-6-10-18(24)12-16/h5-12,20H,13-14H2,1-4H3,(H2,25,29). The number of amides is 2. The SMILES string of the molecule is CN(CC(=O)N(Cc1cccc(F)c1)C(C)(C)C)C(C(N)=O)c1cccc(F)c1. The normalized spacial score (nSPS) is 12.7. The van der Waals surface area contributed by atoms with Gasteiger partial charge in [-0.25, -0.2) is 8.78 Å². The van der Waals surface area contributed by atoms with Gasteiger partial charge < -0.3 is 10.6 Å². The van der Waals surface area contributed by atoms with Gasteiger partial charge in [0.1, 0.15) is 17.7 Å². The first-order valence-corrected chi connectivity index (χ1v) is 9.29. The van der Waals surface area contributed by atoms with E-state index in [0.717, 1.165) is 0 Å². The first-order chi connectivity index (χ1) is 13.5. The van der Waals surface area contributed by atoms with Crippen molar-refractivity contribution in [2.24, 2.45) is 5.73 Å². The van der Waals surface area contributed by atoms with E-state index in [0.29, 0.717) is 11.1 Å². The Labute approximate surface area is 170 Å². The van der Waals surface area contributed by atoms with Crippen LogP contribution in [0.5, 0.6) is 0 Å². The summed E-state index contributed by atoms with van der Waals surface area (Å²) in [4.78, 5) is 28.2. The van der Waals surface area contributed by atoms with E-state index in [4.69, 9.17) is 5.73 Å². The van der Waals surface area contributed by atoms with Crippen molar-refractivity contribution < 1.29 is 18.4 Å². The second-order valence-corrected chi connectivity index (χ2v) is 8.06. The summed E-state index contributed by atoms with van der Waals surface area (Å²) >= 11 is 0. The summed E-state index contributed by atoms with van der Waals surface area (Å²) in [5.41, 5.74) is 6.03. The van der Waals surface area contributed by atoms with Crippen LogP contribution < -0.4 is 5.73 Å². The molecule has 0 radical (unpaired) electrons. The van der Waals surface area contributed by atoms with Crippen molar-refractivity contribution in [3.63, 3.8) is 0 Å². The lowest BCUT2D eigenvalue weighted by atomic mass is 10.0. The molecule has 0 aromatic heterocycles. The van der Waals surface area contributed by atoms with Crippen molar-refractivity contribution in [3.05, 3.63) is 71.3 Å². The van der Waals surface area contributed by atoms with Crippen LogP contribution in [-0.4, -0.2) is 40.7 Å². The highest BCUT2D eigenvalue weighted by Crippen LogP contribution is 2.23. The predicted octanol–water partition coefficient (Wildman–Crippen LogP) is 3.25. The van der Waals surface area contributed by atoms with Crippen molar-refractivity contribution in [3.8, 4) is 0 Å². The molecule has 0 fully saturated rings. The first-order valence-electron chi connectivity index (χ1n) is 9.29. The molecule has 0 bridgehead atoms. The average Bonchev–Trinajstić information content (AvgIpc) is 2.58. The summed E-state index contributed by atoms with van der Waals surface area (Å²) in [5, 5.41) is 0. The van der Waals surface area contributed by atoms with Crippen LogP contribution in [0.4, 0.5) is 8.78 Å². The van der Waals surface area contributed by atoms with Crippen molar-refractivity contribution in [1.82, 2.24) is 9.80 Å². The van der Waals surface area contributed by atoms with E-state index in [2.05, 4.69) is 0 Å². The van der Waals surface area contributed by atoms with Gasteiger partial charge in [0.2, 0.25) is 11.8 Å². The highest BCUT2D eigenvalue weighted by atomic mass is 19.1. The number of carbonyl (C=O) groups is 2. The van der Waals surface area contributed by atoms with E-state index >= 15 is 0 Å². The second-order valence-electron chi connectivity index (χ2n) is 8.06. The monoisotopic (exact) mass is 403 g/mol. The highest BCUT2D eigenvalue weighted by molar-refractivity contribution is 5.83. The fourth-order valence-electron chi connectivity index (χ4n) is 3.22. The molecule has 2 rings (SSSR count). The van der Waals surface area contributed by atoms with Crippen molar-refractivity contribution in [2.45, 2.75) is 38.9 Å². The number of likely N-dealkylation sites (N-methyl/N-ethyl adjacent to an activating group) is 1. The third-order valence-corrected chi connectivity index (χ3v) is 4.60. The molecule has 2 N–H and O–H groups in total. The number of halogens is 2. The summed E-state index contributed by atoms with van der Waals surface area (Å²) in [7, 11) is 1.58. The third-order valence-electron chi connectivity index (χ3n) is 4.60. The van der Waals surface area contributed by atoms with Crippen molar-refractivity contribution in [1.29, 1.82) is 0 Å². The lowest BCUT2D eigenvalue weighted by Crippen LogP contribution is -2.50. The maximum atomic E-state index is 13.6. The van der Waals surface area contributed by atoms with Crippen molar-refractivity contribution in [2.75, 3.05) is 13.6 Å². The lowest BCUT2D eigenvalue weighted by molar-refractivity contribution is -0.139. The number of nitrogens with two attached hydrogens (primary N) is 1. The fraction of sp³-hybridized carbons (Fsp3) is 0.364. The van der Waals surface area contributed by atoms with Crippen molar-refractivity contribution >= 4 is 11.8 Å². The Bertz CT molecular complexity index is 880. The molecule has 2 aromatic rings. The fourth-order valence-corrected chi connectivity index (χ4v) is 3.22. The average molecular weight is 403 g/mol. The van der Waals surface area contributed by atoms with Gasteiger partial charge in [-0.1, -0.05) is 24.3 Å². The molecule has 7 heteroatoms. The van der Waals surface area contributed by atoms with E-state index in [1.807, 2.05) is 20.8 Å². The van der Waals surface area contributed by atoms with Gasteiger partial charge in [-0.15, -0.1) is 0 Å². The van der Waals surface area contributed by atoms with Crippen LogP contribution in [0, 0.1) is 11.6 Å². The van der Waals surface area contributed by atoms with E-state index in [-0.39, 0.29) is 24.8 Å². The molecular formula is C22H27F2N3O2. The zero-order chi connectivity index (χ0) is 21.8. The molecule has 0 spiro atoms. The number of carbonyl (C=O) groups excluding carboxylic acids is 2. The minimum absolute atomic E-state index is 0.114. The van der Waals surface area contributed by atoms with Crippen LogP contribution in [0.25, 0.3) is 0 Å². The van der Waals surface area contributed by atoms with Gasteiger partial charge in [0.05, 0.1) is 6.54 Å². The van der Waals surface area contributed by atoms with Crippen LogP contribution in [0.3, 0.4) is 0 Å². The molecule has 156 valence electrons. The summed E-state index contributed by atoms with van der Waals surface area (Å²) in [6.45, 7) is 5.73. The van der Waals surface area contributed by atoms with Gasteiger partial charge in [0.15, 0.2) is 0 Å². The second kappa shape index (κ2) is 9.13. The Morgan fingerprint density at radius 1 is 1.03 bits per heavy atom. The zero-order valence-corrected chi connectivity index (χ0v) is 17.2. The Morgan fingerprint density at radius 3 is 2.14 bits per heavy atom. The minimum Gasteiger partial charge on any atom is -0.368 e. The molecule has 0 aliphatic carbocycles. The Kier molecular flexibility index (Phi) is 7.08. The number of hydrogen-bond acceptors (Lipinski definition) is 3. The Balaban J connectivity index is 2.23. The molecule has 5 nitrogen and oxygen atoms in total. The maximum Gasteiger partial charge on any atom is 0.239 e. The van der Waals surface area contributed by atoms with Crippen LogP contribution in [0.15, 0.2) is 48.5 Å². The van der Waals surface area contributed by atoms with E-state index in [9.17, 15) is 18.4 Å². The quantitative estimate of drug-likeness (QED) is 0.772. The minimum atomic E-state index is -0.953. The van der Waals surface area contributed by atoms with Crippen LogP contribution in [-0.2, 0) is 16.1 Å². The first kappa shape index (κ1) is 22.5. The van der Waals surface area contributed by atoms with Crippen LogP contribution in [0.2, 0.25) is 0 Å². The number of nitrogens with zero attached hydrogens (tertiary/aromatic N) is 2.